The van der Waals surface area contributed by atoms with Crippen molar-refractivity contribution in [3.8, 4) is 5.75 Å². The number of benzene rings is 2. The number of carbonyl (C=O) groups is 1. The maximum absolute atomic E-state index is 13.9. The molecule has 1 heterocycles. The van der Waals surface area contributed by atoms with Crippen molar-refractivity contribution in [1.82, 2.24) is 4.57 Å². The molecule has 1 aliphatic rings. The first-order valence-corrected chi connectivity index (χ1v) is 12.4. The molecule has 1 aliphatic carbocycles. The zero-order chi connectivity index (χ0) is 25.6. The molecule has 0 amide bonds. The number of hydrogen-bond acceptors (Lipinski definition) is 4. The van der Waals surface area contributed by atoms with Crippen LogP contribution in [0.2, 0.25) is 0 Å². The van der Waals surface area contributed by atoms with Crippen molar-refractivity contribution >= 4 is 5.97 Å². The Morgan fingerprint density at radius 1 is 1.14 bits per heavy atom. The summed E-state index contributed by atoms with van der Waals surface area (Å²) in [7, 11) is 0. The van der Waals surface area contributed by atoms with Gasteiger partial charge in [0.2, 0.25) is 5.92 Å². The molecule has 8 heteroatoms. The van der Waals surface area contributed by atoms with Crippen LogP contribution in [-0.4, -0.2) is 34.8 Å². The van der Waals surface area contributed by atoms with Crippen LogP contribution in [0, 0.1) is 12.8 Å². The highest BCUT2D eigenvalue weighted by Gasteiger charge is 2.54. The Labute approximate surface area is 210 Å². The quantitative estimate of drug-likeness (QED) is 0.241. The van der Waals surface area contributed by atoms with Gasteiger partial charge >= 0.3 is 5.97 Å². The Balaban J connectivity index is 1.32. The van der Waals surface area contributed by atoms with E-state index in [1.54, 1.807) is 30.3 Å². The van der Waals surface area contributed by atoms with Gasteiger partial charge in [-0.05, 0) is 24.1 Å². The molecule has 0 bridgehead atoms. The lowest BCUT2D eigenvalue weighted by molar-refractivity contribution is -0.702. The van der Waals surface area contributed by atoms with Gasteiger partial charge < -0.3 is 14.6 Å². The molecule has 1 fully saturated rings. The van der Waals surface area contributed by atoms with Gasteiger partial charge in [0.15, 0.2) is 5.60 Å². The molecule has 1 saturated carbocycles. The van der Waals surface area contributed by atoms with Crippen LogP contribution in [0.4, 0.5) is 8.78 Å². The number of aliphatic hydroxyl groups is 1. The minimum atomic E-state index is -2.89. The van der Waals surface area contributed by atoms with E-state index in [4.69, 9.17) is 9.47 Å². The maximum atomic E-state index is 13.9. The fraction of sp³-hybridized carbons (Fsp3) is 0.429. The summed E-state index contributed by atoms with van der Waals surface area (Å²) in [5.41, 5.74) is -1.82. The number of nitrogens with zero attached hydrogens (tertiary/aromatic N) is 2. The summed E-state index contributed by atoms with van der Waals surface area (Å²) in [4.78, 5) is 13.1. The molecule has 36 heavy (non-hydrogen) atoms. The van der Waals surface area contributed by atoms with E-state index < -0.39 is 29.8 Å². The van der Waals surface area contributed by atoms with Gasteiger partial charge in [0.05, 0.1) is 13.2 Å². The number of alkyl halides is 2. The third kappa shape index (κ3) is 5.93. The topological polar surface area (TPSA) is 64.6 Å². The van der Waals surface area contributed by atoms with Crippen LogP contribution in [-0.2, 0) is 28.2 Å². The van der Waals surface area contributed by atoms with Crippen LogP contribution in [0.3, 0.4) is 0 Å². The Morgan fingerprint density at radius 2 is 1.83 bits per heavy atom. The number of esters is 1. The number of ether oxygens (including phenoxy) is 2. The Kier molecular flexibility index (Phi) is 8.04. The van der Waals surface area contributed by atoms with E-state index >= 15 is 0 Å². The number of aromatic nitrogens is 2. The number of carbonyl (C=O) groups excluding carboxylic acids is 1. The Bertz CT molecular complexity index is 1140. The van der Waals surface area contributed by atoms with Gasteiger partial charge in [-0.2, -0.15) is 0 Å². The molecular formula is C28H33F2N2O4+. The van der Waals surface area contributed by atoms with E-state index in [9.17, 15) is 18.7 Å². The highest BCUT2D eigenvalue weighted by atomic mass is 19.3. The fourth-order valence-corrected chi connectivity index (χ4v) is 4.82. The highest BCUT2D eigenvalue weighted by molar-refractivity contribution is 5.81. The lowest BCUT2D eigenvalue weighted by atomic mass is 9.80. The average Bonchev–Trinajstić information content (AvgIpc) is 3.43. The number of rotatable bonds is 11. The first kappa shape index (κ1) is 25.8. The van der Waals surface area contributed by atoms with Gasteiger partial charge in [0, 0.05) is 32.1 Å². The minimum Gasteiger partial charge on any atom is -0.493 e. The van der Waals surface area contributed by atoms with Gasteiger partial charge in [0.1, 0.15) is 31.3 Å². The van der Waals surface area contributed by atoms with Crippen molar-refractivity contribution in [3.05, 3.63) is 84.4 Å². The Morgan fingerprint density at radius 3 is 2.50 bits per heavy atom. The standard InChI is InChI=1S/C28H33F2N2O4/c1-22-31(15-8-19-35-25-11-6-3-7-12-25)16-17-32(22)18-20-36-26(33)28(34,23-9-4-2-5-10-23)24-13-14-27(29,30)21-24/h2-7,9-12,16-17,24,34H,8,13-15,18-21H2,1H3/q+1/t24-,28+/m1/s1. The maximum Gasteiger partial charge on any atom is 0.343 e. The molecule has 2 aromatic carbocycles. The molecule has 3 aromatic rings. The van der Waals surface area contributed by atoms with Crippen LogP contribution < -0.4 is 9.30 Å². The minimum absolute atomic E-state index is 0.0176. The predicted octanol–water partition coefficient (Wildman–Crippen LogP) is 4.42. The largest absolute Gasteiger partial charge is 0.493 e. The number of hydrogen-bond donors (Lipinski definition) is 1. The van der Waals surface area contributed by atoms with E-state index in [1.165, 1.54) is 0 Å². The number of halogens is 2. The monoisotopic (exact) mass is 499 g/mol. The fourth-order valence-electron chi connectivity index (χ4n) is 4.82. The summed E-state index contributed by atoms with van der Waals surface area (Å²) in [5.74, 6) is -2.85. The van der Waals surface area contributed by atoms with Crippen LogP contribution in [0.1, 0.15) is 37.1 Å². The second-order valence-corrected chi connectivity index (χ2v) is 9.31. The molecule has 4 rings (SSSR count). The Hall–Kier alpha value is -3.26. The van der Waals surface area contributed by atoms with E-state index in [0.717, 1.165) is 24.5 Å². The molecule has 192 valence electrons. The summed E-state index contributed by atoms with van der Waals surface area (Å²) in [5, 5.41) is 11.4. The summed E-state index contributed by atoms with van der Waals surface area (Å²) >= 11 is 0. The highest BCUT2D eigenvalue weighted by Crippen LogP contribution is 2.47. The van der Waals surface area contributed by atoms with Crippen LogP contribution in [0.5, 0.6) is 5.75 Å². The van der Waals surface area contributed by atoms with Crippen molar-refractivity contribution in [2.24, 2.45) is 5.92 Å². The van der Waals surface area contributed by atoms with Crippen molar-refractivity contribution in [1.29, 1.82) is 0 Å². The third-order valence-electron chi connectivity index (χ3n) is 6.90. The molecule has 1 aromatic heterocycles. The van der Waals surface area contributed by atoms with Gasteiger partial charge in [-0.1, -0.05) is 48.5 Å². The summed E-state index contributed by atoms with van der Waals surface area (Å²) in [6.07, 6.45) is 3.85. The molecule has 1 N–H and O–H groups in total. The first-order chi connectivity index (χ1) is 17.3. The first-order valence-electron chi connectivity index (χ1n) is 12.4. The number of imidazole rings is 1. The molecule has 2 atom stereocenters. The smallest absolute Gasteiger partial charge is 0.343 e. The van der Waals surface area contributed by atoms with Gasteiger partial charge in [-0.3, -0.25) is 0 Å². The van der Waals surface area contributed by atoms with Crippen molar-refractivity contribution < 1.29 is 32.7 Å². The summed E-state index contributed by atoms with van der Waals surface area (Å²) in [6, 6.07) is 17.9. The number of aryl methyl sites for hydroxylation is 1. The van der Waals surface area contributed by atoms with Crippen molar-refractivity contribution in [3.63, 3.8) is 0 Å². The van der Waals surface area contributed by atoms with Crippen molar-refractivity contribution in [2.75, 3.05) is 13.2 Å². The van der Waals surface area contributed by atoms with Crippen LogP contribution in [0.15, 0.2) is 73.1 Å². The predicted molar refractivity (Wildman–Crippen MR) is 130 cm³/mol. The molecule has 0 aliphatic heterocycles. The SMILES string of the molecule is Cc1n(CCOC(=O)[C@](O)(c2ccccc2)[C@@H]2CCC(F)(F)C2)cc[n+]1CCCOc1ccccc1. The van der Waals surface area contributed by atoms with E-state index in [-0.39, 0.29) is 25.0 Å². The van der Waals surface area contributed by atoms with Crippen LogP contribution in [0.25, 0.3) is 0 Å². The molecule has 0 saturated heterocycles. The zero-order valence-corrected chi connectivity index (χ0v) is 20.5. The van der Waals surface area contributed by atoms with Crippen LogP contribution >= 0.6 is 0 Å². The van der Waals surface area contributed by atoms with E-state index in [0.29, 0.717) is 13.2 Å². The summed E-state index contributed by atoms with van der Waals surface area (Å²) < 4.78 is 43.2. The van der Waals surface area contributed by atoms with Gasteiger partial charge in [0.25, 0.3) is 5.82 Å². The second-order valence-electron chi connectivity index (χ2n) is 9.31. The lowest BCUT2D eigenvalue weighted by Crippen LogP contribution is -2.44. The normalized spacial score (nSPS) is 18.5. The average molecular weight is 500 g/mol. The zero-order valence-electron chi connectivity index (χ0n) is 20.5. The van der Waals surface area contributed by atoms with E-state index in [2.05, 4.69) is 4.57 Å². The third-order valence-corrected chi connectivity index (χ3v) is 6.90. The molecular weight excluding hydrogens is 466 g/mol. The lowest BCUT2D eigenvalue weighted by Gasteiger charge is -2.32. The van der Waals surface area contributed by atoms with Crippen molar-refractivity contribution in [2.45, 2.75) is 57.2 Å². The molecule has 0 spiro atoms. The molecule has 0 unspecified atom stereocenters. The van der Waals surface area contributed by atoms with Gasteiger partial charge in [-0.25, -0.2) is 22.7 Å². The summed E-state index contributed by atoms with van der Waals surface area (Å²) in [6.45, 7) is 3.74. The number of para-hydroxylation sites is 1. The van der Waals surface area contributed by atoms with Gasteiger partial charge in [-0.15, -0.1) is 0 Å². The molecule has 6 nitrogen and oxygen atoms in total. The second kappa shape index (κ2) is 11.2. The van der Waals surface area contributed by atoms with E-state index in [1.807, 2.05) is 54.2 Å². The molecule has 0 radical (unpaired) electrons.